The summed E-state index contributed by atoms with van der Waals surface area (Å²) in [6.07, 6.45) is -0.276. The fourth-order valence-corrected chi connectivity index (χ4v) is 2.42. The van der Waals surface area contributed by atoms with Gasteiger partial charge in [0, 0.05) is 16.1 Å². The van der Waals surface area contributed by atoms with Crippen LogP contribution in [0.2, 0.25) is 0 Å². The highest BCUT2D eigenvalue weighted by Crippen LogP contribution is 2.26. The number of benzene rings is 2. The average Bonchev–Trinajstić information content (AvgIpc) is 2.45. The quantitative estimate of drug-likeness (QED) is 0.871. The van der Waals surface area contributed by atoms with E-state index in [1.807, 2.05) is 31.2 Å². The molecule has 2 unspecified atom stereocenters. The molecule has 0 spiro atoms. The number of carbonyl (C=O) groups is 1. The predicted octanol–water partition coefficient (Wildman–Crippen LogP) is 3.02. The molecule has 5 heteroatoms. The second kappa shape index (κ2) is 6.74. The maximum atomic E-state index is 11.1. The smallest absolute Gasteiger partial charge is 0.248 e. The zero-order valence-electron chi connectivity index (χ0n) is 11.6. The number of amides is 1. The van der Waals surface area contributed by atoms with Crippen molar-refractivity contribution >= 4 is 21.8 Å². The van der Waals surface area contributed by atoms with Crippen LogP contribution >= 0.6 is 15.9 Å². The zero-order valence-corrected chi connectivity index (χ0v) is 13.2. The zero-order chi connectivity index (χ0) is 15.4. The molecular weight excluding hydrogens is 332 g/mol. The van der Waals surface area contributed by atoms with Gasteiger partial charge < -0.3 is 16.2 Å². The third-order valence-electron chi connectivity index (χ3n) is 3.06. The number of hydrogen-bond acceptors (Lipinski definition) is 3. The van der Waals surface area contributed by atoms with Crippen molar-refractivity contribution in [3.63, 3.8) is 0 Å². The van der Waals surface area contributed by atoms with Crippen LogP contribution in [0.15, 0.2) is 53.0 Å². The summed E-state index contributed by atoms with van der Waals surface area (Å²) < 4.78 is 6.92. The Hall–Kier alpha value is -1.85. The monoisotopic (exact) mass is 348 g/mol. The van der Waals surface area contributed by atoms with E-state index in [0.29, 0.717) is 11.3 Å². The Kier molecular flexibility index (Phi) is 4.98. The highest BCUT2D eigenvalue weighted by molar-refractivity contribution is 9.10. The number of hydrogen-bond donors (Lipinski definition) is 2. The van der Waals surface area contributed by atoms with E-state index in [1.165, 1.54) is 0 Å². The molecule has 4 nitrogen and oxygen atoms in total. The van der Waals surface area contributed by atoms with Crippen molar-refractivity contribution in [1.29, 1.82) is 0 Å². The lowest BCUT2D eigenvalue weighted by molar-refractivity contribution is 0.1000. The lowest BCUT2D eigenvalue weighted by Gasteiger charge is -2.23. The van der Waals surface area contributed by atoms with Gasteiger partial charge in [0.2, 0.25) is 5.91 Å². The van der Waals surface area contributed by atoms with Gasteiger partial charge in [-0.25, -0.2) is 0 Å². The molecule has 0 saturated carbocycles. The molecule has 0 aliphatic carbocycles. The van der Waals surface area contributed by atoms with E-state index in [2.05, 4.69) is 15.9 Å². The van der Waals surface area contributed by atoms with Crippen LogP contribution in [0.1, 0.15) is 28.9 Å². The van der Waals surface area contributed by atoms with Crippen molar-refractivity contribution < 1.29 is 9.53 Å². The summed E-state index contributed by atoms with van der Waals surface area (Å²) in [7, 11) is 0. The summed E-state index contributed by atoms with van der Waals surface area (Å²) in [6, 6.07) is 14.4. The summed E-state index contributed by atoms with van der Waals surface area (Å²) in [6.45, 7) is 1.89. The molecule has 0 radical (unpaired) electrons. The Morgan fingerprint density at radius 2 is 1.86 bits per heavy atom. The number of halogens is 1. The van der Waals surface area contributed by atoms with E-state index in [9.17, 15) is 4.79 Å². The largest absolute Gasteiger partial charge is 0.484 e. The first-order valence-electron chi connectivity index (χ1n) is 6.55. The van der Waals surface area contributed by atoms with Crippen molar-refractivity contribution in [2.24, 2.45) is 11.5 Å². The first-order valence-corrected chi connectivity index (χ1v) is 7.34. The van der Waals surface area contributed by atoms with Crippen LogP contribution < -0.4 is 16.2 Å². The predicted molar refractivity (Wildman–Crippen MR) is 86.1 cm³/mol. The van der Waals surface area contributed by atoms with E-state index in [1.54, 1.807) is 24.3 Å². The normalized spacial score (nSPS) is 13.5. The van der Waals surface area contributed by atoms with Gasteiger partial charge in [0.15, 0.2) is 0 Å². The lowest BCUT2D eigenvalue weighted by atomic mass is 10.0. The minimum absolute atomic E-state index is 0.185. The van der Waals surface area contributed by atoms with Gasteiger partial charge in [-0.2, -0.15) is 0 Å². The SMILES string of the molecule is CC(N)C(Oc1ccc(C(N)=O)cc1)c1cccc(Br)c1. The van der Waals surface area contributed by atoms with Crippen LogP contribution in [0.5, 0.6) is 5.75 Å². The van der Waals surface area contributed by atoms with Crippen LogP contribution in [0.3, 0.4) is 0 Å². The second-order valence-electron chi connectivity index (χ2n) is 4.84. The topological polar surface area (TPSA) is 78.3 Å². The highest BCUT2D eigenvalue weighted by atomic mass is 79.9. The van der Waals surface area contributed by atoms with Gasteiger partial charge in [-0.05, 0) is 48.9 Å². The Balaban J connectivity index is 2.22. The molecule has 2 rings (SSSR count). The van der Waals surface area contributed by atoms with Gasteiger partial charge in [0.25, 0.3) is 0 Å². The van der Waals surface area contributed by atoms with Crippen molar-refractivity contribution in [2.45, 2.75) is 19.1 Å². The van der Waals surface area contributed by atoms with E-state index < -0.39 is 5.91 Å². The average molecular weight is 349 g/mol. The summed E-state index contributed by atoms with van der Waals surface area (Å²) in [5.74, 6) is 0.180. The van der Waals surface area contributed by atoms with Crippen LogP contribution in [0.4, 0.5) is 0 Å². The van der Waals surface area contributed by atoms with Crippen LogP contribution in [0.25, 0.3) is 0 Å². The molecule has 0 heterocycles. The summed E-state index contributed by atoms with van der Waals surface area (Å²) in [5, 5.41) is 0. The minimum atomic E-state index is -0.461. The fraction of sp³-hybridized carbons (Fsp3) is 0.188. The number of rotatable bonds is 5. The first kappa shape index (κ1) is 15.5. The van der Waals surface area contributed by atoms with Gasteiger partial charge in [0.1, 0.15) is 11.9 Å². The fourth-order valence-electron chi connectivity index (χ4n) is 2.01. The van der Waals surface area contributed by atoms with Gasteiger partial charge in [0.05, 0.1) is 0 Å². The molecule has 1 amide bonds. The van der Waals surface area contributed by atoms with E-state index in [0.717, 1.165) is 10.0 Å². The van der Waals surface area contributed by atoms with Gasteiger partial charge in [-0.1, -0.05) is 28.1 Å². The standard InChI is InChI=1S/C16H17BrN2O2/c1-10(18)15(12-3-2-4-13(17)9-12)21-14-7-5-11(6-8-14)16(19)20/h2-10,15H,18H2,1H3,(H2,19,20). The van der Waals surface area contributed by atoms with E-state index in [4.69, 9.17) is 16.2 Å². The van der Waals surface area contributed by atoms with Crippen LogP contribution in [0, 0.1) is 0 Å². The number of carbonyl (C=O) groups excluding carboxylic acids is 1. The van der Waals surface area contributed by atoms with Gasteiger partial charge in [-0.3, -0.25) is 4.79 Å². The van der Waals surface area contributed by atoms with E-state index in [-0.39, 0.29) is 12.1 Å². The maximum absolute atomic E-state index is 11.1. The van der Waals surface area contributed by atoms with Crippen molar-refractivity contribution in [2.75, 3.05) is 0 Å². The molecule has 0 aliphatic heterocycles. The number of ether oxygens (including phenoxy) is 1. The van der Waals surface area contributed by atoms with Gasteiger partial charge >= 0.3 is 0 Å². The molecule has 4 N–H and O–H groups in total. The number of nitrogens with two attached hydrogens (primary N) is 2. The lowest BCUT2D eigenvalue weighted by Crippen LogP contribution is -2.29. The summed E-state index contributed by atoms with van der Waals surface area (Å²) in [5.41, 5.74) is 12.7. The molecule has 2 aromatic rings. The summed E-state index contributed by atoms with van der Waals surface area (Å²) >= 11 is 3.44. The molecule has 2 aromatic carbocycles. The highest BCUT2D eigenvalue weighted by Gasteiger charge is 2.18. The molecule has 110 valence electrons. The molecule has 21 heavy (non-hydrogen) atoms. The van der Waals surface area contributed by atoms with Crippen LogP contribution in [-0.2, 0) is 0 Å². The molecule has 0 saturated heterocycles. The third-order valence-corrected chi connectivity index (χ3v) is 3.55. The van der Waals surface area contributed by atoms with Crippen molar-refractivity contribution in [3.05, 3.63) is 64.1 Å². The third kappa shape index (κ3) is 4.06. The van der Waals surface area contributed by atoms with Crippen molar-refractivity contribution in [1.82, 2.24) is 0 Å². The molecule has 0 aromatic heterocycles. The maximum Gasteiger partial charge on any atom is 0.248 e. The van der Waals surface area contributed by atoms with Gasteiger partial charge in [-0.15, -0.1) is 0 Å². The van der Waals surface area contributed by atoms with Crippen molar-refractivity contribution in [3.8, 4) is 5.75 Å². The number of primary amides is 1. The van der Waals surface area contributed by atoms with Crippen LogP contribution in [-0.4, -0.2) is 11.9 Å². The molecule has 2 atom stereocenters. The molecular formula is C16H17BrN2O2. The summed E-state index contributed by atoms with van der Waals surface area (Å²) in [4.78, 5) is 11.1. The Bertz CT molecular complexity index is 626. The Morgan fingerprint density at radius 3 is 2.38 bits per heavy atom. The Labute approximate surface area is 132 Å². The Morgan fingerprint density at radius 1 is 1.19 bits per heavy atom. The second-order valence-corrected chi connectivity index (χ2v) is 5.76. The first-order chi connectivity index (χ1) is 9.97. The van der Waals surface area contributed by atoms with E-state index >= 15 is 0 Å². The molecule has 0 bridgehead atoms. The minimum Gasteiger partial charge on any atom is -0.484 e. The molecule has 0 fully saturated rings. The molecule has 0 aliphatic rings.